The molecule has 0 spiro atoms. The van der Waals surface area contributed by atoms with Gasteiger partial charge in [0, 0.05) is 37.2 Å². The molecule has 5 nitrogen and oxygen atoms in total. The first kappa shape index (κ1) is 13.3. The summed E-state index contributed by atoms with van der Waals surface area (Å²) in [6.45, 7) is 3.58. The van der Waals surface area contributed by atoms with Crippen molar-refractivity contribution in [2.75, 3.05) is 26.8 Å². The zero-order chi connectivity index (χ0) is 13.8. The third-order valence-corrected chi connectivity index (χ3v) is 3.55. The summed E-state index contributed by atoms with van der Waals surface area (Å²) in [6, 6.07) is 5.86. The molecule has 3 heterocycles. The van der Waals surface area contributed by atoms with Crippen LogP contribution in [-0.4, -0.2) is 41.8 Å². The van der Waals surface area contributed by atoms with Gasteiger partial charge in [-0.05, 0) is 31.5 Å². The van der Waals surface area contributed by atoms with Gasteiger partial charge in [-0.25, -0.2) is 0 Å². The van der Waals surface area contributed by atoms with Gasteiger partial charge in [0.15, 0.2) is 5.76 Å². The van der Waals surface area contributed by atoms with Crippen molar-refractivity contribution in [3.8, 4) is 11.3 Å². The van der Waals surface area contributed by atoms with Gasteiger partial charge >= 0.3 is 0 Å². The average Bonchev–Trinajstić information content (AvgIpc) is 3.11. The quantitative estimate of drug-likeness (QED) is 0.836. The molecule has 0 aromatic carbocycles. The fourth-order valence-electron chi connectivity index (χ4n) is 2.54. The van der Waals surface area contributed by atoms with Crippen LogP contribution in [-0.2, 0) is 11.3 Å². The second-order valence-corrected chi connectivity index (χ2v) is 5.34. The Bertz CT molecular complexity index is 535. The van der Waals surface area contributed by atoms with Gasteiger partial charge in [-0.1, -0.05) is 5.16 Å². The van der Waals surface area contributed by atoms with Crippen molar-refractivity contribution < 1.29 is 9.26 Å². The van der Waals surface area contributed by atoms with Gasteiger partial charge in [-0.2, -0.15) is 0 Å². The summed E-state index contributed by atoms with van der Waals surface area (Å²) >= 11 is 0. The standard InChI is InChI=1S/C15H19N3O2/c1-18(9-12-4-7-19-11-12)10-14-8-15(17-20-14)13-2-5-16-6-3-13/h2-3,5-6,8,12H,4,7,9-11H2,1H3. The summed E-state index contributed by atoms with van der Waals surface area (Å²) in [5, 5.41) is 4.12. The van der Waals surface area contributed by atoms with Crippen LogP contribution in [0.25, 0.3) is 11.3 Å². The Kier molecular flexibility index (Phi) is 4.08. The summed E-state index contributed by atoms with van der Waals surface area (Å²) in [5.74, 6) is 1.53. The van der Waals surface area contributed by atoms with Crippen molar-refractivity contribution in [2.24, 2.45) is 5.92 Å². The van der Waals surface area contributed by atoms with E-state index in [4.69, 9.17) is 9.26 Å². The fraction of sp³-hybridized carbons (Fsp3) is 0.467. The highest BCUT2D eigenvalue weighted by Crippen LogP contribution is 2.19. The largest absolute Gasteiger partial charge is 0.381 e. The molecule has 2 aromatic rings. The van der Waals surface area contributed by atoms with E-state index in [9.17, 15) is 0 Å². The molecule has 1 aliphatic heterocycles. The van der Waals surface area contributed by atoms with E-state index in [0.717, 1.165) is 49.7 Å². The molecular weight excluding hydrogens is 254 g/mol. The van der Waals surface area contributed by atoms with Crippen molar-refractivity contribution in [1.82, 2.24) is 15.0 Å². The molecule has 20 heavy (non-hydrogen) atoms. The summed E-state index contributed by atoms with van der Waals surface area (Å²) in [5.41, 5.74) is 1.89. The number of hydrogen-bond donors (Lipinski definition) is 0. The summed E-state index contributed by atoms with van der Waals surface area (Å²) in [4.78, 5) is 6.27. The molecule has 2 aromatic heterocycles. The lowest BCUT2D eigenvalue weighted by atomic mass is 10.1. The lowest BCUT2D eigenvalue weighted by molar-refractivity contribution is 0.169. The summed E-state index contributed by atoms with van der Waals surface area (Å²) in [7, 11) is 2.10. The minimum absolute atomic E-state index is 0.641. The van der Waals surface area contributed by atoms with Gasteiger partial charge < -0.3 is 9.26 Å². The predicted octanol–water partition coefficient (Wildman–Crippen LogP) is 2.20. The summed E-state index contributed by atoms with van der Waals surface area (Å²) in [6.07, 6.45) is 4.68. The van der Waals surface area contributed by atoms with Crippen molar-refractivity contribution in [3.63, 3.8) is 0 Å². The van der Waals surface area contributed by atoms with Gasteiger partial charge in [-0.15, -0.1) is 0 Å². The SMILES string of the molecule is CN(Cc1cc(-c2ccncc2)no1)CC1CCOC1. The van der Waals surface area contributed by atoms with Crippen LogP contribution in [0.5, 0.6) is 0 Å². The monoisotopic (exact) mass is 273 g/mol. The molecule has 3 rings (SSSR count). The van der Waals surface area contributed by atoms with Gasteiger partial charge in [-0.3, -0.25) is 9.88 Å². The topological polar surface area (TPSA) is 51.4 Å². The van der Waals surface area contributed by atoms with Gasteiger partial charge in [0.1, 0.15) is 5.69 Å². The van der Waals surface area contributed by atoms with E-state index in [1.165, 1.54) is 0 Å². The molecule has 106 valence electrons. The van der Waals surface area contributed by atoms with Crippen LogP contribution in [0.4, 0.5) is 0 Å². The average molecular weight is 273 g/mol. The van der Waals surface area contributed by atoms with Crippen molar-refractivity contribution in [3.05, 3.63) is 36.4 Å². The normalized spacial score (nSPS) is 18.8. The highest BCUT2D eigenvalue weighted by Gasteiger charge is 2.18. The number of pyridine rings is 1. The zero-order valence-corrected chi connectivity index (χ0v) is 11.7. The fourth-order valence-corrected chi connectivity index (χ4v) is 2.54. The van der Waals surface area contributed by atoms with Crippen LogP contribution < -0.4 is 0 Å². The number of rotatable bonds is 5. The predicted molar refractivity (Wildman–Crippen MR) is 75.0 cm³/mol. The molecule has 1 atom stereocenters. The molecule has 1 fully saturated rings. The molecular formula is C15H19N3O2. The Morgan fingerprint density at radius 1 is 1.35 bits per heavy atom. The van der Waals surface area contributed by atoms with Gasteiger partial charge in [0.05, 0.1) is 13.2 Å². The van der Waals surface area contributed by atoms with E-state index in [-0.39, 0.29) is 0 Å². The van der Waals surface area contributed by atoms with E-state index in [0.29, 0.717) is 5.92 Å². The minimum Gasteiger partial charge on any atom is -0.381 e. The van der Waals surface area contributed by atoms with Crippen LogP contribution in [0.2, 0.25) is 0 Å². The van der Waals surface area contributed by atoms with Crippen molar-refractivity contribution in [2.45, 2.75) is 13.0 Å². The minimum atomic E-state index is 0.641. The van der Waals surface area contributed by atoms with E-state index in [1.54, 1.807) is 12.4 Å². The van der Waals surface area contributed by atoms with Crippen LogP contribution in [0.15, 0.2) is 35.1 Å². The molecule has 1 saturated heterocycles. The molecule has 0 N–H and O–H groups in total. The first-order valence-corrected chi connectivity index (χ1v) is 6.93. The highest BCUT2D eigenvalue weighted by molar-refractivity contribution is 5.57. The lowest BCUT2D eigenvalue weighted by Crippen LogP contribution is -2.25. The van der Waals surface area contributed by atoms with Crippen LogP contribution >= 0.6 is 0 Å². The van der Waals surface area contributed by atoms with Gasteiger partial charge in [0.2, 0.25) is 0 Å². The number of hydrogen-bond acceptors (Lipinski definition) is 5. The highest BCUT2D eigenvalue weighted by atomic mass is 16.5. The molecule has 0 radical (unpaired) electrons. The number of nitrogens with zero attached hydrogens (tertiary/aromatic N) is 3. The van der Waals surface area contributed by atoms with E-state index in [2.05, 4.69) is 22.1 Å². The third-order valence-electron chi connectivity index (χ3n) is 3.55. The molecule has 0 aliphatic carbocycles. The van der Waals surface area contributed by atoms with Crippen molar-refractivity contribution >= 4 is 0 Å². The lowest BCUT2D eigenvalue weighted by Gasteiger charge is -2.18. The maximum atomic E-state index is 5.41. The van der Waals surface area contributed by atoms with Crippen LogP contribution in [0, 0.1) is 5.92 Å². The second kappa shape index (κ2) is 6.15. The first-order valence-electron chi connectivity index (χ1n) is 6.93. The smallest absolute Gasteiger partial charge is 0.151 e. The molecule has 1 aliphatic rings. The molecule has 0 saturated carbocycles. The van der Waals surface area contributed by atoms with Crippen LogP contribution in [0.1, 0.15) is 12.2 Å². The van der Waals surface area contributed by atoms with Crippen molar-refractivity contribution in [1.29, 1.82) is 0 Å². The first-order chi connectivity index (χ1) is 9.81. The maximum absolute atomic E-state index is 5.41. The Hall–Kier alpha value is -1.72. The number of ether oxygens (including phenoxy) is 1. The molecule has 0 bridgehead atoms. The Morgan fingerprint density at radius 2 is 2.20 bits per heavy atom. The molecule has 5 heteroatoms. The Balaban J connectivity index is 1.59. The maximum Gasteiger partial charge on any atom is 0.151 e. The Labute approximate surface area is 118 Å². The third kappa shape index (κ3) is 3.23. The molecule has 1 unspecified atom stereocenters. The zero-order valence-electron chi connectivity index (χ0n) is 11.7. The van der Waals surface area contributed by atoms with Gasteiger partial charge in [0.25, 0.3) is 0 Å². The Morgan fingerprint density at radius 3 is 2.95 bits per heavy atom. The van der Waals surface area contributed by atoms with E-state index < -0.39 is 0 Å². The van der Waals surface area contributed by atoms with E-state index >= 15 is 0 Å². The summed E-state index contributed by atoms with van der Waals surface area (Å²) < 4.78 is 10.8. The second-order valence-electron chi connectivity index (χ2n) is 5.34. The van der Waals surface area contributed by atoms with E-state index in [1.807, 2.05) is 18.2 Å². The van der Waals surface area contributed by atoms with Crippen LogP contribution in [0.3, 0.4) is 0 Å². The number of aromatic nitrogens is 2. The molecule has 0 amide bonds.